The molecule has 0 saturated heterocycles. The van der Waals surface area contributed by atoms with Crippen LogP contribution in [-0.4, -0.2) is 35.6 Å². The van der Waals surface area contributed by atoms with Gasteiger partial charge in [0.25, 0.3) is 0 Å². The van der Waals surface area contributed by atoms with Crippen LogP contribution in [0.25, 0.3) is 0 Å². The van der Waals surface area contributed by atoms with Gasteiger partial charge in [0.2, 0.25) is 0 Å². The van der Waals surface area contributed by atoms with Crippen molar-refractivity contribution in [3.8, 4) is 0 Å². The number of anilines is 2. The van der Waals surface area contributed by atoms with Crippen molar-refractivity contribution in [2.45, 2.75) is 59.6 Å². The minimum atomic E-state index is -0.700. The van der Waals surface area contributed by atoms with E-state index in [0.29, 0.717) is 34.8 Å². The molecule has 3 N–H and O–H groups in total. The first-order valence-corrected chi connectivity index (χ1v) is 11.9. The molecule has 2 aromatic rings. The number of amides is 4. The van der Waals surface area contributed by atoms with Gasteiger partial charge in [0, 0.05) is 23.6 Å². The number of allylic oxidation sites excluding steroid dienone is 1. The van der Waals surface area contributed by atoms with Crippen LogP contribution < -0.4 is 16.0 Å². The van der Waals surface area contributed by atoms with Gasteiger partial charge in [0.05, 0.1) is 17.7 Å². The van der Waals surface area contributed by atoms with Gasteiger partial charge in [-0.1, -0.05) is 43.2 Å². The average Bonchev–Trinajstić information content (AvgIpc) is 2.79. The van der Waals surface area contributed by atoms with Gasteiger partial charge in [0.15, 0.2) is 0 Å². The Labute approximate surface area is 206 Å². The molecule has 8 nitrogen and oxygen atoms in total. The Bertz CT molecular complexity index is 1110. The number of carbonyl (C=O) groups is 3. The molecule has 2 aromatic carbocycles. The predicted octanol–water partition coefficient (Wildman–Crippen LogP) is 5.73. The van der Waals surface area contributed by atoms with Gasteiger partial charge in [-0.15, -0.1) is 0 Å². The average molecular weight is 479 g/mol. The van der Waals surface area contributed by atoms with Gasteiger partial charge in [-0.25, -0.2) is 14.4 Å². The minimum Gasteiger partial charge on any atom is -0.459 e. The third-order valence-electron chi connectivity index (χ3n) is 5.68. The lowest BCUT2D eigenvalue weighted by molar-refractivity contribution is -0.143. The highest BCUT2D eigenvalue weighted by molar-refractivity contribution is 6.00. The molecule has 4 amide bonds. The number of rotatable bonds is 8. The normalized spacial score (nSPS) is 15.7. The summed E-state index contributed by atoms with van der Waals surface area (Å²) in [6.45, 7) is 9.89. The van der Waals surface area contributed by atoms with Crippen LogP contribution in [0.2, 0.25) is 0 Å². The molecular formula is C27H34N4O4. The van der Waals surface area contributed by atoms with Crippen LogP contribution in [0.4, 0.5) is 21.0 Å². The van der Waals surface area contributed by atoms with Crippen LogP contribution in [0.3, 0.4) is 0 Å². The summed E-state index contributed by atoms with van der Waals surface area (Å²) in [5.74, 6) is -0.473. The van der Waals surface area contributed by atoms with E-state index in [4.69, 9.17) is 4.74 Å². The molecule has 0 saturated carbocycles. The molecule has 0 fully saturated rings. The maximum Gasteiger partial charge on any atom is 0.338 e. The van der Waals surface area contributed by atoms with Crippen LogP contribution in [-0.2, 0) is 9.53 Å². The van der Waals surface area contributed by atoms with Gasteiger partial charge in [-0.2, -0.15) is 0 Å². The van der Waals surface area contributed by atoms with Crippen molar-refractivity contribution in [2.75, 3.05) is 17.2 Å². The Kier molecular flexibility index (Phi) is 8.52. The van der Waals surface area contributed by atoms with Crippen molar-refractivity contribution in [3.63, 3.8) is 0 Å². The lowest BCUT2D eigenvalue weighted by Crippen LogP contribution is -2.48. The second kappa shape index (κ2) is 11.6. The van der Waals surface area contributed by atoms with E-state index in [2.05, 4.69) is 16.0 Å². The van der Waals surface area contributed by atoms with Crippen LogP contribution >= 0.6 is 0 Å². The first-order chi connectivity index (χ1) is 16.7. The summed E-state index contributed by atoms with van der Waals surface area (Å²) in [7, 11) is 0. The zero-order valence-corrected chi connectivity index (χ0v) is 21.0. The SMILES string of the molecule is CCCCN1C(=O)NC(c2cccc(NC(=O)Nc3ccc(C)cc3)c2)C(C(=O)OC(C)C)=C1C. The summed E-state index contributed by atoms with van der Waals surface area (Å²) in [4.78, 5) is 40.1. The van der Waals surface area contributed by atoms with Crippen molar-refractivity contribution >= 4 is 29.4 Å². The molecule has 0 radical (unpaired) electrons. The van der Waals surface area contributed by atoms with E-state index in [1.165, 1.54) is 0 Å². The molecule has 0 bridgehead atoms. The van der Waals surface area contributed by atoms with Crippen LogP contribution in [0.5, 0.6) is 0 Å². The number of hydrogen-bond acceptors (Lipinski definition) is 4. The van der Waals surface area contributed by atoms with Crippen molar-refractivity contribution < 1.29 is 19.1 Å². The van der Waals surface area contributed by atoms with E-state index in [1.807, 2.05) is 44.2 Å². The highest BCUT2D eigenvalue weighted by Crippen LogP contribution is 2.33. The summed E-state index contributed by atoms with van der Waals surface area (Å²) >= 11 is 0. The van der Waals surface area contributed by atoms with Crippen molar-refractivity contribution in [1.29, 1.82) is 0 Å². The quantitative estimate of drug-likeness (QED) is 0.422. The fourth-order valence-electron chi connectivity index (χ4n) is 3.89. The fraction of sp³-hybridized carbons (Fsp3) is 0.370. The molecular weight excluding hydrogens is 444 g/mol. The number of ether oxygens (including phenoxy) is 1. The zero-order valence-electron chi connectivity index (χ0n) is 21.0. The number of esters is 1. The van der Waals surface area contributed by atoms with Gasteiger partial charge in [-0.3, -0.25) is 4.90 Å². The van der Waals surface area contributed by atoms with Crippen molar-refractivity contribution in [1.82, 2.24) is 10.2 Å². The number of aryl methyl sites for hydroxylation is 1. The summed E-state index contributed by atoms with van der Waals surface area (Å²) < 4.78 is 5.51. The number of nitrogens with one attached hydrogen (secondary N) is 3. The Hall–Kier alpha value is -3.81. The molecule has 1 aliphatic rings. The largest absolute Gasteiger partial charge is 0.459 e. The zero-order chi connectivity index (χ0) is 25.5. The van der Waals surface area contributed by atoms with Crippen molar-refractivity contribution in [3.05, 3.63) is 70.9 Å². The molecule has 1 atom stereocenters. The molecule has 8 heteroatoms. The van der Waals surface area contributed by atoms with Crippen LogP contribution in [0, 0.1) is 6.92 Å². The summed E-state index contributed by atoms with van der Waals surface area (Å²) in [6, 6.07) is 13.2. The lowest BCUT2D eigenvalue weighted by atomic mass is 9.94. The van der Waals surface area contributed by atoms with E-state index in [-0.39, 0.29) is 12.1 Å². The predicted molar refractivity (Wildman–Crippen MR) is 137 cm³/mol. The molecule has 1 aliphatic heterocycles. The van der Waals surface area contributed by atoms with Crippen LogP contribution in [0.15, 0.2) is 59.8 Å². The molecule has 3 rings (SSSR count). The Balaban J connectivity index is 1.87. The summed E-state index contributed by atoms with van der Waals surface area (Å²) in [5.41, 5.74) is 3.93. The second-order valence-corrected chi connectivity index (χ2v) is 8.91. The third-order valence-corrected chi connectivity index (χ3v) is 5.68. The summed E-state index contributed by atoms with van der Waals surface area (Å²) in [6.07, 6.45) is 1.44. The van der Waals surface area contributed by atoms with E-state index in [1.54, 1.807) is 43.9 Å². The number of nitrogens with zero attached hydrogens (tertiary/aromatic N) is 1. The number of hydrogen-bond donors (Lipinski definition) is 3. The first-order valence-electron chi connectivity index (χ1n) is 11.9. The van der Waals surface area contributed by atoms with Gasteiger partial charge >= 0.3 is 18.0 Å². The molecule has 0 aromatic heterocycles. The Morgan fingerprint density at radius 2 is 1.74 bits per heavy atom. The molecule has 0 aliphatic carbocycles. The molecule has 35 heavy (non-hydrogen) atoms. The van der Waals surface area contributed by atoms with Crippen molar-refractivity contribution in [2.24, 2.45) is 0 Å². The monoisotopic (exact) mass is 478 g/mol. The van der Waals surface area contributed by atoms with Gasteiger partial charge in [0.1, 0.15) is 0 Å². The minimum absolute atomic E-state index is 0.266. The molecule has 186 valence electrons. The molecule has 1 unspecified atom stereocenters. The highest BCUT2D eigenvalue weighted by Gasteiger charge is 2.36. The van der Waals surface area contributed by atoms with E-state index < -0.39 is 18.0 Å². The highest BCUT2D eigenvalue weighted by atomic mass is 16.5. The topological polar surface area (TPSA) is 99.8 Å². The number of benzene rings is 2. The third kappa shape index (κ3) is 6.62. The van der Waals surface area contributed by atoms with Gasteiger partial charge in [-0.05, 0) is 63.9 Å². The lowest BCUT2D eigenvalue weighted by Gasteiger charge is -2.35. The van der Waals surface area contributed by atoms with E-state index >= 15 is 0 Å². The number of carbonyl (C=O) groups excluding carboxylic acids is 3. The van der Waals surface area contributed by atoms with E-state index in [9.17, 15) is 14.4 Å². The first kappa shape index (κ1) is 25.8. The Morgan fingerprint density at radius 3 is 2.40 bits per heavy atom. The number of urea groups is 2. The maximum absolute atomic E-state index is 13.1. The Morgan fingerprint density at radius 1 is 1.06 bits per heavy atom. The van der Waals surface area contributed by atoms with E-state index in [0.717, 1.165) is 18.4 Å². The maximum atomic E-state index is 13.1. The molecule has 1 heterocycles. The molecule has 0 spiro atoms. The fourth-order valence-corrected chi connectivity index (χ4v) is 3.89. The standard InChI is InChI=1S/C27H34N4O4/c1-6-7-15-31-19(5)23(25(32)35-17(2)3)24(30-27(31)34)20-9-8-10-22(16-20)29-26(33)28-21-13-11-18(4)12-14-21/h8-14,16-17,24H,6-7,15H2,1-5H3,(H,30,34)(H2,28,29,33). The van der Waals surface area contributed by atoms with Gasteiger partial charge < -0.3 is 20.7 Å². The summed E-state index contributed by atoms with van der Waals surface area (Å²) in [5, 5.41) is 8.56. The second-order valence-electron chi connectivity index (χ2n) is 8.91. The number of unbranched alkanes of at least 4 members (excludes halogenated alkanes) is 1. The smallest absolute Gasteiger partial charge is 0.338 e. The van der Waals surface area contributed by atoms with Crippen LogP contribution in [0.1, 0.15) is 57.7 Å².